The van der Waals surface area contributed by atoms with Crippen molar-refractivity contribution >= 4 is 54.4 Å². The molecule has 0 fully saturated rings. The van der Waals surface area contributed by atoms with E-state index in [1.807, 2.05) is 41.3 Å². The third-order valence-corrected chi connectivity index (χ3v) is 5.75. The molecule has 1 aliphatic heterocycles. The predicted molar refractivity (Wildman–Crippen MR) is 110 cm³/mol. The summed E-state index contributed by atoms with van der Waals surface area (Å²) in [5.74, 6) is 0.540. The lowest BCUT2D eigenvalue weighted by Crippen LogP contribution is -2.38. The van der Waals surface area contributed by atoms with Crippen molar-refractivity contribution in [2.24, 2.45) is 0 Å². The Balaban J connectivity index is 1.59. The number of rotatable bonds is 3. The number of anilines is 1. The van der Waals surface area contributed by atoms with Crippen LogP contribution in [0.25, 0.3) is 10.9 Å². The van der Waals surface area contributed by atoms with Gasteiger partial charge in [-0.3, -0.25) is 9.78 Å². The Morgan fingerprint density at radius 3 is 2.88 bits per heavy atom. The highest BCUT2D eigenvalue weighted by atomic mass is 79.9. The zero-order chi connectivity index (χ0) is 18.1. The van der Waals surface area contributed by atoms with Gasteiger partial charge < -0.3 is 9.64 Å². The summed E-state index contributed by atoms with van der Waals surface area (Å²) in [6, 6.07) is 13.8. The molecule has 0 bridgehead atoms. The first-order valence-corrected chi connectivity index (χ1v) is 9.97. The van der Waals surface area contributed by atoms with E-state index in [4.69, 9.17) is 4.74 Å². The Morgan fingerprint density at radius 2 is 2.00 bits per heavy atom. The van der Waals surface area contributed by atoms with Crippen LogP contribution in [0.3, 0.4) is 0 Å². The maximum atomic E-state index is 12.8. The van der Waals surface area contributed by atoms with Crippen LogP contribution in [0.2, 0.25) is 0 Å². The van der Waals surface area contributed by atoms with Gasteiger partial charge in [0.2, 0.25) is 0 Å². The minimum atomic E-state index is -0.0453. The fraction of sp³-hybridized carbons (Fsp3) is 0.200. The smallest absolute Gasteiger partial charge is 0.264 e. The summed E-state index contributed by atoms with van der Waals surface area (Å²) in [5, 5.41) is 0.946. The first kappa shape index (κ1) is 17.5. The molecule has 0 unspecified atom stereocenters. The van der Waals surface area contributed by atoms with Crippen molar-refractivity contribution in [1.29, 1.82) is 0 Å². The minimum Gasteiger partial charge on any atom is -0.480 e. The van der Waals surface area contributed by atoms with Crippen molar-refractivity contribution in [2.75, 3.05) is 18.1 Å². The van der Waals surface area contributed by atoms with E-state index in [1.165, 1.54) is 5.56 Å². The summed E-state index contributed by atoms with van der Waals surface area (Å²) < 4.78 is 7.61. The molecular weight excluding hydrogens is 460 g/mol. The molecule has 6 heteroatoms. The highest BCUT2D eigenvalue weighted by Crippen LogP contribution is 2.37. The summed E-state index contributed by atoms with van der Waals surface area (Å²) >= 11 is 7.06. The average molecular weight is 476 g/mol. The molecule has 26 heavy (non-hydrogen) atoms. The fourth-order valence-electron chi connectivity index (χ4n) is 3.29. The summed E-state index contributed by atoms with van der Waals surface area (Å²) in [6.45, 7) is 0.694. The van der Waals surface area contributed by atoms with Gasteiger partial charge in [-0.1, -0.05) is 40.2 Å². The monoisotopic (exact) mass is 474 g/mol. The number of pyridine rings is 1. The number of carbonyl (C=O) groups is 1. The Kier molecular flexibility index (Phi) is 4.96. The van der Waals surface area contributed by atoms with Crippen molar-refractivity contribution in [3.8, 4) is 5.75 Å². The van der Waals surface area contributed by atoms with Crippen LogP contribution in [0, 0.1) is 0 Å². The second-order valence-corrected chi connectivity index (χ2v) is 7.84. The fourth-order valence-corrected chi connectivity index (χ4v) is 4.68. The molecule has 0 radical (unpaired) electrons. The highest BCUT2D eigenvalue weighted by molar-refractivity contribution is 9.11. The molecule has 1 aromatic heterocycles. The van der Waals surface area contributed by atoms with Crippen LogP contribution in [-0.4, -0.2) is 24.0 Å². The predicted octanol–water partition coefficient (Wildman–Crippen LogP) is 5.12. The van der Waals surface area contributed by atoms with Crippen molar-refractivity contribution < 1.29 is 9.53 Å². The van der Waals surface area contributed by atoms with E-state index in [9.17, 15) is 4.79 Å². The van der Waals surface area contributed by atoms with Gasteiger partial charge in [0.25, 0.3) is 5.91 Å². The average Bonchev–Trinajstić information content (AvgIpc) is 2.67. The van der Waals surface area contributed by atoms with Crippen molar-refractivity contribution in [3.05, 3.63) is 63.2 Å². The Labute approximate surface area is 168 Å². The van der Waals surface area contributed by atoms with Crippen molar-refractivity contribution in [1.82, 2.24) is 4.98 Å². The van der Waals surface area contributed by atoms with E-state index in [0.717, 1.165) is 44.9 Å². The molecule has 0 atom stereocenters. The lowest BCUT2D eigenvalue weighted by Gasteiger charge is -2.29. The Hall–Kier alpha value is -1.92. The normalized spacial score (nSPS) is 13.5. The molecule has 2 heterocycles. The van der Waals surface area contributed by atoms with Crippen LogP contribution in [0.5, 0.6) is 5.75 Å². The van der Waals surface area contributed by atoms with Gasteiger partial charge in [-0.15, -0.1) is 0 Å². The van der Waals surface area contributed by atoms with E-state index < -0.39 is 0 Å². The third kappa shape index (κ3) is 3.23. The van der Waals surface area contributed by atoms with E-state index in [1.54, 1.807) is 6.20 Å². The highest BCUT2D eigenvalue weighted by Gasteiger charge is 2.23. The number of nitrogens with zero attached hydrogens (tertiary/aromatic N) is 2. The van der Waals surface area contributed by atoms with Crippen LogP contribution in [0.1, 0.15) is 12.0 Å². The van der Waals surface area contributed by atoms with Crippen LogP contribution in [0.15, 0.2) is 57.6 Å². The van der Waals surface area contributed by atoms with Gasteiger partial charge in [0.05, 0.1) is 4.47 Å². The number of aromatic nitrogens is 1. The summed E-state index contributed by atoms with van der Waals surface area (Å²) in [7, 11) is 0. The van der Waals surface area contributed by atoms with Gasteiger partial charge in [-0.25, -0.2) is 0 Å². The summed E-state index contributed by atoms with van der Waals surface area (Å²) in [5.41, 5.74) is 2.93. The molecule has 0 saturated heterocycles. The number of carbonyl (C=O) groups excluding carboxylic acids is 1. The molecule has 0 aliphatic carbocycles. The maximum Gasteiger partial charge on any atom is 0.264 e. The van der Waals surface area contributed by atoms with Gasteiger partial charge in [0, 0.05) is 28.3 Å². The number of para-hydroxylation sites is 1. The topological polar surface area (TPSA) is 42.4 Å². The lowest BCUT2D eigenvalue weighted by atomic mass is 10.0. The van der Waals surface area contributed by atoms with Crippen LogP contribution in [-0.2, 0) is 11.2 Å². The molecule has 1 aliphatic rings. The summed E-state index contributed by atoms with van der Waals surface area (Å²) in [6.07, 6.45) is 3.69. The van der Waals surface area contributed by atoms with Crippen LogP contribution >= 0.6 is 31.9 Å². The zero-order valence-corrected chi connectivity index (χ0v) is 17.1. The van der Waals surface area contributed by atoms with E-state index >= 15 is 0 Å². The molecule has 0 spiro atoms. The minimum absolute atomic E-state index is 0.0275. The molecule has 0 saturated carbocycles. The number of amides is 1. The van der Waals surface area contributed by atoms with Crippen molar-refractivity contribution in [2.45, 2.75) is 12.8 Å². The number of benzene rings is 2. The summed E-state index contributed by atoms with van der Waals surface area (Å²) in [4.78, 5) is 19.0. The molecule has 3 aromatic rings. The van der Waals surface area contributed by atoms with Gasteiger partial charge in [-0.2, -0.15) is 0 Å². The lowest BCUT2D eigenvalue weighted by molar-refractivity contribution is -0.120. The number of halogens is 2. The Bertz CT molecular complexity index is 991. The largest absolute Gasteiger partial charge is 0.480 e. The van der Waals surface area contributed by atoms with Gasteiger partial charge in [-0.05, 0) is 52.5 Å². The molecule has 4 nitrogen and oxygen atoms in total. The second-order valence-electron chi connectivity index (χ2n) is 6.14. The van der Waals surface area contributed by atoms with Crippen LogP contribution in [0.4, 0.5) is 5.69 Å². The van der Waals surface area contributed by atoms with Crippen molar-refractivity contribution in [3.63, 3.8) is 0 Å². The van der Waals surface area contributed by atoms with Gasteiger partial charge >= 0.3 is 0 Å². The standard InChI is InChI=1S/C20H16Br2N2O2/c21-15-11-16(22)20(19-14(15)7-3-9-23-19)26-12-18(25)24-10-4-6-13-5-1-2-8-17(13)24/h1-3,5,7-9,11H,4,6,10,12H2. The van der Waals surface area contributed by atoms with E-state index in [2.05, 4.69) is 42.9 Å². The van der Waals surface area contributed by atoms with E-state index in [-0.39, 0.29) is 12.5 Å². The second kappa shape index (κ2) is 7.37. The maximum absolute atomic E-state index is 12.8. The molecule has 4 rings (SSSR count). The number of hydrogen-bond donors (Lipinski definition) is 0. The number of fused-ring (bicyclic) bond motifs is 2. The molecular formula is C20H16Br2N2O2. The van der Waals surface area contributed by atoms with E-state index in [0.29, 0.717) is 5.75 Å². The Morgan fingerprint density at radius 1 is 1.15 bits per heavy atom. The SMILES string of the molecule is O=C(COc1c(Br)cc(Br)c2cccnc12)N1CCCc2ccccc21. The molecule has 2 aromatic carbocycles. The van der Waals surface area contributed by atoms with Gasteiger partial charge in [0.1, 0.15) is 5.52 Å². The quantitative estimate of drug-likeness (QED) is 0.528. The van der Waals surface area contributed by atoms with Gasteiger partial charge in [0.15, 0.2) is 12.4 Å². The zero-order valence-electron chi connectivity index (χ0n) is 13.9. The van der Waals surface area contributed by atoms with Crippen LogP contribution < -0.4 is 9.64 Å². The molecule has 0 N–H and O–H groups in total. The third-order valence-electron chi connectivity index (χ3n) is 4.50. The number of aryl methyl sites for hydroxylation is 1. The molecule has 1 amide bonds. The first-order chi connectivity index (χ1) is 12.6. The number of ether oxygens (including phenoxy) is 1. The number of hydrogen-bond acceptors (Lipinski definition) is 3. The molecule has 132 valence electrons. The first-order valence-electron chi connectivity index (χ1n) is 8.39.